The van der Waals surface area contributed by atoms with Crippen LogP contribution in [0.25, 0.3) is 0 Å². The second-order valence-corrected chi connectivity index (χ2v) is 4.27. The number of aliphatic hydroxyl groups excluding tert-OH is 1. The van der Waals surface area contributed by atoms with Crippen molar-refractivity contribution in [1.29, 1.82) is 0 Å². The lowest BCUT2D eigenvalue weighted by atomic mass is 10.2. The molecule has 1 N–H and O–H groups in total. The molecule has 0 spiro atoms. The Bertz CT molecular complexity index is 397. The molecular formula is C9H9ClN2OS. The number of aliphatic hydroxyl groups is 1. The van der Waals surface area contributed by atoms with Crippen molar-refractivity contribution in [2.45, 2.75) is 6.10 Å². The van der Waals surface area contributed by atoms with E-state index in [0.29, 0.717) is 5.02 Å². The van der Waals surface area contributed by atoms with Crippen molar-refractivity contribution in [3.63, 3.8) is 0 Å². The highest BCUT2D eigenvalue weighted by Crippen LogP contribution is 2.32. The third kappa shape index (κ3) is 1.56. The first-order valence-corrected chi connectivity index (χ1v) is 5.35. The number of halogens is 1. The summed E-state index contributed by atoms with van der Waals surface area (Å²) in [7, 11) is 1.79. The van der Waals surface area contributed by atoms with Gasteiger partial charge in [0.1, 0.15) is 6.10 Å². The van der Waals surface area contributed by atoms with E-state index >= 15 is 0 Å². The fourth-order valence-corrected chi connectivity index (χ4v) is 2.44. The zero-order chi connectivity index (χ0) is 10.1. The van der Waals surface area contributed by atoms with Crippen LogP contribution in [0.4, 0.5) is 0 Å². The van der Waals surface area contributed by atoms with Crippen LogP contribution in [0.1, 0.15) is 16.7 Å². The Hall–Kier alpha value is -0.840. The summed E-state index contributed by atoms with van der Waals surface area (Å²) in [5, 5.41) is 16.5. The normalized spacial score (nSPS) is 13.1. The minimum Gasteiger partial charge on any atom is -0.381 e. The second kappa shape index (κ2) is 3.73. The molecule has 5 heteroatoms. The largest absolute Gasteiger partial charge is 0.381 e. The summed E-state index contributed by atoms with van der Waals surface area (Å²) in [6.07, 6.45) is 0.968. The van der Waals surface area contributed by atoms with Crippen LogP contribution in [-0.4, -0.2) is 14.9 Å². The van der Waals surface area contributed by atoms with Crippen molar-refractivity contribution in [1.82, 2.24) is 9.78 Å². The molecule has 3 nitrogen and oxygen atoms in total. The minimum absolute atomic E-state index is 0.601. The summed E-state index contributed by atoms with van der Waals surface area (Å²) >= 11 is 7.37. The molecular weight excluding hydrogens is 220 g/mol. The van der Waals surface area contributed by atoms with Crippen molar-refractivity contribution in [3.05, 3.63) is 39.3 Å². The van der Waals surface area contributed by atoms with E-state index in [9.17, 15) is 5.11 Å². The summed E-state index contributed by atoms with van der Waals surface area (Å²) < 4.78 is 1.64. The number of hydrogen-bond donors (Lipinski definition) is 1. The van der Waals surface area contributed by atoms with Gasteiger partial charge in [0.2, 0.25) is 0 Å². The van der Waals surface area contributed by atoms with Crippen LogP contribution < -0.4 is 0 Å². The lowest BCUT2D eigenvalue weighted by Crippen LogP contribution is -2.05. The molecule has 0 aliphatic rings. The molecule has 1 unspecified atom stereocenters. The van der Waals surface area contributed by atoms with Crippen LogP contribution >= 0.6 is 22.9 Å². The Morgan fingerprint density at radius 2 is 2.36 bits per heavy atom. The van der Waals surface area contributed by atoms with Gasteiger partial charge in [-0.05, 0) is 17.5 Å². The first-order chi connectivity index (χ1) is 6.70. The van der Waals surface area contributed by atoms with Gasteiger partial charge < -0.3 is 5.11 Å². The van der Waals surface area contributed by atoms with E-state index in [0.717, 1.165) is 10.6 Å². The maximum atomic E-state index is 10.00. The molecule has 14 heavy (non-hydrogen) atoms. The molecule has 2 aromatic rings. The highest BCUT2D eigenvalue weighted by Gasteiger charge is 2.17. The van der Waals surface area contributed by atoms with E-state index in [1.54, 1.807) is 30.1 Å². The molecule has 0 fully saturated rings. The van der Waals surface area contributed by atoms with Crippen LogP contribution in [0.15, 0.2) is 23.7 Å². The van der Waals surface area contributed by atoms with Gasteiger partial charge in [-0.3, -0.25) is 4.68 Å². The maximum absolute atomic E-state index is 10.00. The SMILES string of the molecule is Cn1nccc1C(O)c1sccc1Cl. The highest BCUT2D eigenvalue weighted by atomic mass is 35.5. The molecule has 0 aromatic carbocycles. The monoisotopic (exact) mass is 228 g/mol. The lowest BCUT2D eigenvalue weighted by molar-refractivity contribution is 0.213. The van der Waals surface area contributed by atoms with Crippen LogP contribution in [0, 0.1) is 0 Å². The Morgan fingerprint density at radius 3 is 2.86 bits per heavy atom. The molecule has 74 valence electrons. The number of nitrogens with zero attached hydrogens (tertiary/aromatic N) is 2. The molecule has 0 aliphatic heterocycles. The van der Waals surface area contributed by atoms with Gasteiger partial charge in [0.15, 0.2) is 0 Å². The maximum Gasteiger partial charge on any atom is 0.131 e. The highest BCUT2D eigenvalue weighted by molar-refractivity contribution is 7.10. The quantitative estimate of drug-likeness (QED) is 0.856. The van der Waals surface area contributed by atoms with E-state index in [-0.39, 0.29) is 0 Å². The van der Waals surface area contributed by atoms with Gasteiger partial charge in [0.05, 0.1) is 15.6 Å². The summed E-state index contributed by atoms with van der Waals surface area (Å²) in [5.41, 5.74) is 0.745. The molecule has 0 amide bonds. The number of thiophene rings is 1. The molecule has 0 radical (unpaired) electrons. The van der Waals surface area contributed by atoms with Gasteiger partial charge in [-0.25, -0.2) is 0 Å². The molecule has 2 heterocycles. The Kier molecular flexibility index (Phi) is 2.58. The van der Waals surface area contributed by atoms with Gasteiger partial charge in [0.25, 0.3) is 0 Å². The summed E-state index contributed by atoms with van der Waals surface area (Å²) in [6.45, 7) is 0. The van der Waals surface area contributed by atoms with E-state index in [2.05, 4.69) is 5.10 Å². The average molecular weight is 229 g/mol. The second-order valence-electron chi connectivity index (χ2n) is 2.92. The molecule has 0 saturated heterocycles. The zero-order valence-corrected chi connectivity index (χ0v) is 9.09. The number of aromatic nitrogens is 2. The van der Waals surface area contributed by atoms with Gasteiger partial charge >= 0.3 is 0 Å². The average Bonchev–Trinajstić information content (AvgIpc) is 2.73. The molecule has 0 saturated carbocycles. The van der Waals surface area contributed by atoms with Gasteiger partial charge in [-0.1, -0.05) is 11.6 Å². The number of rotatable bonds is 2. The third-order valence-corrected chi connectivity index (χ3v) is 3.44. The van der Waals surface area contributed by atoms with Crippen molar-refractivity contribution in [2.24, 2.45) is 7.05 Å². The van der Waals surface area contributed by atoms with Gasteiger partial charge in [-0.15, -0.1) is 11.3 Å². The minimum atomic E-state index is -0.685. The Morgan fingerprint density at radius 1 is 1.57 bits per heavy atom. The summed E-state index contributed by atoms with van der Waals surface area (Å²) in [5.74, 6) is 0. The standard InChI is InChI=1S/C9H9ClN2OS/c1-12-7(2-4-11-12)8(13)9-6(10)3-5-14-9/h2-5,8,13H,1H3. The molecule has 0 aliphatic carbocycles. The fourth-order valence-electron chi connectivity index (χ4n) is 1.29. The van der Waals surface area contributed by atoms with Gasteiger partial charge in [0, 0.05) is 13.2 Å². The van der Waals surface area contributed by atoms with E-state index < -0.39 is 6.10 Å². The molecule has 2 rings (SSSR count). The van der Waals surface area contributed by atoms with Crippen LogP contribution in [0.2, 0.25) is 5.02 Å². The summed E-state index contributed by atoms with van der Waals surface area (Å²) in [4.78, 5) is 0.760. The molecule has 2 aromatic heterocycles. The van der Waals surface area contributed by atoms with E-state index in [1.165, 1.54) is 11.3 Å². The number of hydrogen-bond acceptors (Lipinski definition) is 3. The van der Waals surface area contributed by atoms with E-state index in [4.69, 9.17) is 11.6 Å². The molecule has 1 atom stereocenters. The van der Waals surface area contributed by atoms with Crippen LogP contribution in [-0.2, 0) is 7.05 Å². The number of aryl methyl sites for hydroxylation is 1. The van der Waals surface area contributed by atoms with E-state index in [1.807, 2.05) is 5.38 Å². The van der Waals surface area contributed by atoms with Crippen molar-refractivity contribution in [3.8, 4) is 0 Å². The predicted molar refractivity (Wildman–Crippen MR) is 56.6 cm³/mol. The van der Waals surface area contributed by atoms with Crippen LogP contribution in [0.5, 0.6) is 0 Å². The van der Waals surface area contributed by atoms with Crippen molar-refractivity contribution >= 4 is 22.9 Å². The van der Waals surface area contributed by atoms with Crippen LogP contribution in [0.3, 0.4) is 0 Å². The Labute approximate surface area is 90.6 Å². The van der Waals surface area contributed by atoms with Gasteiger partial charge in [-0.2, -0.15) is 5.10 Å². The molecule has 0 bridgehead atoms. The first-order valence-electron chi connectivity index (χ1n) is 4.09. The Balaban J connectivity index is 2.38. The first kappa shape index (κ1) is 9.71. The topological polar surface area (TPSA) is 38.0 Å². The van der Waals surface area contributed by atoms with Crippen molar-refractivity contribution < 1.29 is 5.11 Å². The third-order valence-electron chi connectivity index (χ3n) is 2.03. The summed E-state index contributed by atoms with van der Waals surface area (Å²) in [6, 6.07) is 3.56. The fraction of sp³-hybridized carbons (Fsp3) is 0.222. The predicted octanol–water partition coefficient (Wildman–Crippen LogP) is 2.22. The van der Waals surface area contributed by atoms with Crippen molar-refractivity contribution in [2.75, 3.05) is 0 Å². The zero-order valence-electron chi connectivity index (χ0n) is 7.51. The smallest absolute Gasteiger partial charge is 0.131 e. The lowest BCUT2D eigenvalue weighted by Gasteiger charge is -2.09.